The summed E-state index contributed by atoms with van der Waals surface area (Å²) >= 11 is 1.65. The average Bonchev–Trinajstić information content (AvgIpc) is 4.10. The van der Waals surface area contributed by atoms with E-state index in [4.69, 9.17) is 18.9 Å². The van der Waals surface area contributed by atoms with Crippen LogP contribution < -0.4 is 10.6 Å². The lowest BCUT2D eigenvalue weighted by atomic mass is 10.0. The normalized spacial score (nSPS) is 19.8. The summed E-state index contributed by atoms with van der Waals surface area (Å²) in [6.45, 7) is 4.36. The van der Waals surface area contributed by atoms with Crippen molar-refractivity contribution in [1.82, 2.24) is 40.4 Å². The smallest absolute Gasteiger partial charge is 0.407 e. The van der Waals surface area contributed by atoms with Gasteiger partial charge in [0, 0.05) is 43.7 Å². The summed E-state index contributed by atoms with van der Waals surface area (Å²) in [6.07, 6.45) is 4.77. The van der Waals surface area contributed by atoms with E-state index >= 15 is 4.39 Å². The maximum atomic E-state index is 15.8. The van der Waals surface area contributed by atoms with Crippen LogP contribution in [-0.2, 0) is 28.5 Å². The number of likely N-dealkylation sites (tertiary alicyclic amines) is 2. The Balaban J connectivity index is 1.15. The van der Waals surface area contributed by atoms with E-state index in [2.05, 4.69) is 30.6 Å². The van der Waals surface area contributed by atoms with Gasteiger partial charge in [-0.05, 0) is 56.6 Å². The highest BCUT2D eigenvalue weighted by atomic mass is 32.2. The second kappa shape index (κ2) is 19.1. The van der Waals surface area contributed by atoms with Crippen LogP contribution in [0.2, 0.25) is 0 Å². The number of aromatic nitrogens is 4. The van der Waals surface area contributed by atoms with Crippen molar-refractivity contribution in [1.29, 1.82) is 0 Å². The number of nitrogens with zero attached hydrogens (tertiary/aromatic N) is 4. The fraction of sp³-hybridized carbons (Fsp3) is 0.463. The van der Waals surface area contributed by atoms with E-state index in [-0.39, 0.29) is 23.1 Å². The predicted molar refractivity (Wildman–Crippen MR) is 219 cm³/mol. The molecule has 4 amide bonds. The Morgan fingerprint density at radius 2 is 1.31 bits per heavy atom. The summed E-state index contributed by atoms with van der Waals surface area (Å²) in [5.74, 6) is 0.154. The molecule has 2 saturated heterocycles. The van der Waals surface area contributed by atoms with Crippen LogP contribution in [0.25, 0.3) is 33.6 Å². The van der Waals surface area contributed by atoms with Crippen molar-refractivity contribution in [3.63, 3.8) is 0 Å². The Bertz CT molecular complexity index is 2110. The van der Waals surface area contributed by atoms with Gasteiger partial charge in [0.15, 0.2) is 0 Å². The quantitative estimate of drug-likeness (QED) is 0.126. The lowest BCUT2D eigenvalue weighted by Gasteiger charge is -2.30. The number of carbonyl (C=O) groups is 4. The number of amides is 4. The second-order valence-electron chi connectivity index (χ2n) is 14.5. The number of nitrogens with one attached hydrogen (secondary N) is 4. The summed E-state index contributed by atoms with van der Waals surface area (Å²) in [6, 6.07) is 9.79. The summed E-state index contributed by atoms with van der Waals surface area (Å²) in [4.78, 5) is 70.9. The van der Waals surface area contributed by atoms with Crippen LogP contribution in [0.15, 0.2) is 54.9 Å². The van der Waals surface area contributed by atoms with E-state index in [1.165, 1.54) is 34.5 Å². The van der Waals surface area contributed by atoms with Crippen LogP contribution in [0.4, 0.5) is 14.0 Å². The number of carbonyl (C=O) groups excluding carboxylic acids is 4. The number of hydrogen-bond donors (Lipinski definition) is 4. The lowest BCUT2D eigenvalue weighted by Crippen LogP contribution is -2.54. The number of methoxy groups -OCH3 is 4. The SMILES string of the molecule is COC(=O)N[C@H](C(=O)N1CCC[C@H]1c1ncc(-c2ccc(-c3ccc(-c4cnc([C@@H]5C[C@H](SC)CN5C(=O)[C@@H](NC(=O)OC)[C@@H](C)OC)[nH]4)cc3F)cc2)[nH]1)[C@@H](C)OC. The van der Waals surface area contributed by atoms with Crippen LogP contribution in [0, 0.1) is 5.82 Å². The molecule has 2 aromatic heterocycles. The molecule has 7 atom stereocenters. The van der Waals surface area contributed by atoms with Gasteiger partial charge in [-0.1, -0.05) is 36.4 Å². The monoisotopic (exact) mass is 834 g/mol. The predicted octanol–water partition coefficient (Wildman–Crippen LogP) is 5.46. The minimum Gasteiger partial charge on any atom is -0.453 e. The lowest BCUT2D eigenvalue weighted by molar-refractivity contribution is -0.138. The van der Waals surface area contributed by atoms with E-state index in [9.17, 15) is 19.2 Å². The maximum Gasteiger partial charge on any atom is 0.407 e. The molecule has 59 heavy (non-hydrogen) atoms. The fourth-order valence-corrected chi connectivity index (χ4v) is 8.28. The highest BCUT2D eigenvalue weighted by Gasteiger charge is 2.42. The van der Waals surface area contributed by atoms with Crippen molar-refractivity contribution >= 4 is 35.8 Å². The van der Waals surface area contributed by atoms with E-state index < -0.39 is 48.3 Å². The first-order valence-corrected chi connectivity index (χ1v) is 20.6. The van der Waals surface area contributed by atoms with Crippen LogP contribution in [0.5, 0.6) is 0 Å². The zero-order chi connectivity index (χ0) is 42.4. The zero-order valence-corrected chi connectivity index (χ0v) is 34.9. The van der Waals surface area contributed by atoms with Crippen LogP contribution in [-0.4, -0.2) is 131 Å². The molecule has 0 aliphatic carbocycles. The Morgan fingerprint density at radius 3 is 1.85 bits per heavy atom. The van der Waals surface area contributed by atoms with E-state index in [0.717, 1.165) is 17.7 Å². The van der Waals surface area contributed by atoms with Crippen molar-refractivity contribution < 1.29 is 42.5 Å². The maximum absolute atomic E-state index is 15.8. The first-order valence-electron chi connectivity index (χ1n) is 19.3. The number of alkyl carbamates (subject to hydrolysis) is 2. The number of rotatable bonds is 14. The molecule has 6 rings (SSSR count). The fourth-order valence-electron chi connectivity index (χ4n) is 7.60. The van der Waals surface area contributed by atoms with E-state index in [1.807, 2.05) is 36.6 Å². The van der Waals surface area contributed by atoms with Crippen molar-refractivity contribution in [2.24, 2.45) is 0 Å². The van der Waals surface area contributed by atoms with Gasteiger partial charge in [-0.15, -0.1) is 0 Å². The molecule has 18 heteroatoms. The standard InChI is InChI=1S/C41H51FN8O8S/c1-22(55-3)34(47-40(53)57-5)38(51)49-16-8-9-32(49)36-43-19-30(45-36)25-12-10-24(11-13-25)28-15-14-26(17-29(28)42)31-20-44-37(46-31)33-18-27(59-7)21-50(33)39(52)35(23(2)56-4)48-41(54)58-6/h10-15,17,19-20,22-23,27,32-35H,8-9,16,18,21H2,1-7H3,(H,43,45)(H,44,46)(H,47,53)(H,48,54)/t22-,23-,27+,32+,33+,34+,35+/m1/s1. The van der Waals surface area contributed by atoms with Crippen LogP contribution in [0.3, 0.4) is 0 Å². The molecule has 4 aromatic rings. The van der Waals surface area contributed by atoms with E-state index in [1.54, 1.807) is 53.9 Å². The molecule has 2 aliphatic rings. The van der Waals surface area contributed by atoms with Gasteiger partial charge < -0.3 is 49.3 Å². The molecule has 0 unspecified atom stereocenters. The van der Waals surface area contributed by atoms with Crippen molar-refractivity contribution in [3.05, 3.63) is 72.3 Å². The van der Waals surface area contributed by atoms with Crippen molar-refractivity contribution in [2.75, 3.05) is 47.8 Å². The molecule has 316 valence electrons. The van der Waals surface area contributed by atoms with Crippen molar-refractivity contribution in [2.45, 2.75) is 74.7 Å². The van der Waals surface area contributed by atoms with Crippen LogP contribution >= 0.6 is 11.8 Å². The molecule has 0 radical (unpaired) electrons. The Hall–Kier alpha value is -5.46. The number of hydrogen-bond acceptors (Lipinski definition) is 11. The van der Waals surface area contributed by atoms with E-state index in [0.29, 0.717) is 60.0 Å². The van der Waals surface area contributed by atoms with Gasteiger partial charge >= 0.3 is 12.2 Å². The minimum atomic E-state index is -0.972. The van der Waals surface area contributed by atoms with Crippen LogP contribution in [0.1, 0.15) is 56.8 Å². The number of ether oxygens (including phenoxy) is 4. The number of thioether (sulfide) groups is 1. The second-order valence-corrected chi connectivity index (χ2v) is 15.7. The Morgan fingerprint density at radius 1 is 0.780 bits per heavy atom. The third-order valence-corrected chi connectivity index (χ3v) is 12.2. The third kappa shape index (κ3) is 9.39. The molecule has 2 fully saturated rings. The number of H-pyrrole nitrogens is 2. The molecule has 2 aromatic carbocycles. The molecule has 4 N–H and O–H groups in total. The highest BCUT2D eigenvalue weighted by Crippen LogP contribution is 2.38. The van der Waals surface area contributed by atoms with Gasteiger partial charge in [0.25, 0.3) is 0 Å². The number of benzene rings is 2. The molecule has 2 aliphatic heterocycles. The molecule has 0 saturated carbocycles. The van der Waals surface area contributed by atoms with Crippen molar-refractivity contribution in [3.8, 4) is 33.6 Å². The summed E-state index contributed by atoms with van der Waals surface area (Å²) in [5, 5.41) is 5.34. The molecule has 4 heterocycles. The first-order chi connectivity index (χ1) is 28.4. The first kappa shape index (κ1) is 43.1. The molecule has 16 nitrogen and oxygen atoms in total. The van der Waals surface area contributed by atoms with Gasteiger partial charge in [-0.2, -0.15) is 11.8 Å². The molecular formula is C41H51FN8O8S. The van der Waals surface area contributed by atoms with Gasteiger partial charge in [0.1, 0.15) is 29.5 Å². The zero-order valence-electron chi connectivity index (χ0n) is 34.1. The number of aromatic amines is 2. The Kier molecular flexibility index (Phi) is 13.9. The molecule has 0 spiro atoms. The van der Waals surface area contributed by atoms with Gasteiger partial charge in [0.2, 0.25) is 11.8 Å². The summed E-state index contributed by atoms with van der Waals surface area (Å²) in [7, 11) is 5.42. The third-order valence-electron chi connectivity index (χ3n) is 11.2. The van der Waals surface area contributed by atoms with Gasteiger partial charge in [-0.25, -0.2) is 23.9 Å². The number of halogens is 1. The molecule has 0 bridgehead atoms. The van der Waals surface area contributed by atoms with Gasteiger partial charge in [0.05, 0.1) is 62.3 Å². The largest absolute Gasteiger partial charge is 0.453 e. The van der Waals surface area contributed by atoms with Gasteiger partial charge in [-0.3, -0.25) is 9.59 Å². The Labute approximate surface area is 346 Å². The summed E-state index contributed by atoms with van der Waals surface area (Å²) in [5.41, 5.74) is 3.84. The average molecular weight is 835 g/mol. The molecular weight excluding hydrogens is 784 g/mol. The topological polar surface area (TPSA) is 193 Å². The number of imidazole rings is 2. The highest BCUT2D eigenvalue weighted by molar-refractivity contribution is 7.99. The minimum absolute atomic E-state index is 0.141. The summed E-state index contributed by atoms with van der Waals surface area (Å²) < 4.78 is 36.1.